The van der Waals surface area contributed by atoms with Crippen LogP contribution in [0.1, 0.15) is 57.8 Å². The van der Waals surface area contributed by atoms with Crippen molar-refractivity contribution < 1.29 is 0 Å². The molecule has 0 unspecified atom stereocenters. The third-order valence-electron chi connectivity index (χ3n) is 3.92. The predicted molar refractivity (Wildman–Crippen MR) is 68.7 cm³/mol. The molecule has 1 fully saturated rings. The normalized spacial score (nSPS) is 25.1. The van der Waals surface area contributed by atoms with Crippen LogP contribution < -0.4 is 5.32 Å². The summed E-state index contributed by atoms with van der Waals surface area (Å²) in [6.45, 7) is 6.24. The topological polar surface area (TPSA) is 42.7 Å². The molecule has 0 atom stereocenters. The summed E-state index contributed by atoms with van der Waals surface area (Å²) in [4.78, 5) is 4.36. The van der Waals surface area contributed by atoms with Crippen LogP contribution in [0.4, 0.5) is 0 Å². The first-order valence-electron chi connectivity index (χ1n) is 6.94. The lowest BCUT2D eigenvalue weighted by molar-refractivity contribution is 0.251. The first-order chi connectivity index (χ1) is 8.35. The summed E-state index contributed by atoms with van der Waals surface area (Å²) in [5.41, 5.74) is 0. The summed E-state index contributed by atoms with van der Waals surface area (Å²) < 4.78 is 2.15. The molecular formula is C13H24N4. The van der Waals surface area contributed by atoms with Gasteiger partial charge in [-0.2, -0.15) is 5.10 Å². The fourth-order valence-electron chi connectivity index (χ4n) is 2.74. The van der Waals surface area contributed by atoms with Gasteiger partial charge in [-0.1, -0.05) is 20.3 Å². The molecule has 0 amide bonds. The van der Waals surface area contributed by atoms with Gasteiger partial charge in [-0.05, 0) is 38.1 Å². The second-order valence-electron chi connectivity index (χ2n) is 4.98. The van der Waals surface area contributed by atoms with E-state index in [1.165, 1.54) is 32.1 Å². The van der Waals surface area contributed by atoms with E-state index >= 15 is 0 Å². The van der Waals surface area contributed by atoms with Crippen LogP contribution in [-0.4, -0.2) is 21.3 Å². The first-order valence-corrected chi connectivity index (χ1v) is 6.94. The Morgan fingerprint density at radius 2 is 2.06 bits per heavy atom. The lowest BCUT2D eigenvalue weighted by Crippen LogP contribution is -2.23. The summed E-state index contributed by atoms with van der Waals surface area (Å²) in [6.07, 6.45) is 8.25. The van der Waals surface area contributed by atoms with E-state index in [0.29, 0.717) is 6.04 Å². The van der Waals surface area contributed by atoms with Gasteiger partial charge < -0.3 is 5.32 Å². The standard InChI is InChI=1S/C13H24N4/c1-3-11-5-7-12(8-6-11)17-13(9-14-4-2)15-10-16-17/h10-12,14H,3-9H2,1-2H3. The van der Waals surface area contributed by atoms with Gasteiger partial charge in [0.1, 0.15) is 12.2 Å². The highest BCUT2D eigenvalue weighted by Gasteiger charge is 2.23. The van der Waals surface area contributed by atoms with Gasteiger partial charge in [0, 0.05) is 0 Å². The minimum absolute atomic E-state index is 0.578. The number of nitrogens with zero attached hydrogens (tertiary/aromatic N) is 3. The van der Waals surface area contributed by atoms with E-state index in [2.05, 4.69) is 33.9 Å². The van der Waals surface area contributed by atoms with Gasteiger partial charge in [-0.3, -0.25) is 0 Å². The van der Waals surface area contributed by atoms with E-state index < -0.39 is 0 Å². The molecule has 1 aliphatic carbocycles. The molecule has 1 saturated carbocycles. The largest absolute Gasteiger partial charge is 0.310 e. The highest BCUT2D eigenvalue weighted by atomic mass is 15.4. The molecule has 1 aliphatic rings. The molecule has 0 saturated heterocycles. The summed E-state index contributed by atoms with van der Waals surface area (Å²) in [7, 11) is 0. The maximum absolute atomic E-state index is 4.41. The zero-order valence-corrected chi connectivity index (χ0v) is 11.0. The first kappa shape index (κ1) is 12.6. The minimum atomic E-state index is 0.578. The Balaban J connectivity index is 1.95. The van der Waals surface area contributed by atoms with Crippen LogP contribution in [0.5, 0.6) is 0 Å². The molecule has 96 valence electrons. The second kappa shape index (κ2) is 6.15. The Kier molecular flexibility index (Phi) is 4.54. The number of nitrogens with one attached hydrogen (secondary N) is 1. The van der Waals surface area contributed by atoms with Gasteiger partial charge in [-0.25, -0.2) is 9.67 Å². The zero-order chi connectivity index (χ0) is 12.1. The van der Waals surface area contributed by atoms with Gasteiger partial charge in [0.25, 0.3) is 0 Å². The molecule has 17 heavy (non-hydrogen) atoms. The van der Waals surface area contributed by atoms with E-state index in [1.54, 1.807) is 6.33 Å². The third kappa shape index (κ3) is 3.06. The Bertz CT molecular complexity index is 326. The molecule has 1 N–H and O–H groups in total. The number of rotatable bonds is 5. The fourth-order valence-corrected chi connectivity index (χ4v) is 2.74. The van der Waals surface area contributed by atoms with Crippen molar-refractivity contribution in [1.82, 2.24) is 20.1 Å². The van der Waals surface area contributed by atoms with E-state index in [1.807, 2.05) is 0 Å². The van der Waals surface area contributed by atoms with Gasteiger partial charge in [0.2, 0.25) is 0 Å². The number of aromatic nitrogens is 3. The van der Waals surface area contributed by atoms with E-state index in [9.17, 15) is 0 Å². The Labute approximate surface area is 104 Å². The summed E-state index contributed by atoms with van der Waals surface area (Å²) >= 11 is 0. The number of hydrogen-bond donors (Lipinski definition) is 1. The Hall–Kier alpha value is -0.900. The maximum Gasteiger partial charge on any atom is 0.141 e. The summed E-state index contributed by atoms with van der Waals surface area (Å²) in [5, 5.41) is 7.74. The van der Waals surface area contributed by atoms with Crippen molar-refractivity contribution in [2.24, 2.45) is 5.92 Å². The van der Waals surface area contributed by atoms with Crippen LogP contribution in [0.15, 0.2) is 6.33 Å². The van der Waals surface area contributed by atoms with Crippen LogP contribution in [0.3, 0.4) is 0 Å². The quantitative estimate of drug-likeness (QED) is 0.854. The average Bonchev–Trinajstić information content (AvgIpc) is 2.84. The molecule has 0 radical (unpaired) electrons. The fraction of sp³-hybridized carbons (Fsp3) is 0.846. The predicted octanol–water partition coefficient (Wildman–Crippen LogP) is 2.53. The second-order valence-corrected chi connectivity index (χ2v) is 4.98. The van der Waals surface area contributed by atoms with Crippen molar-refractivity contribution in [3.63, 3.8) is 0 Å². The molecule has 2 rings (SSSR count). The lowest BCUT2D eigenvalue weighted by Gasteiger charge is -2.28. The van der Waals surface area contributed by atoms with Crippen LogP contribution in [0.25, 0.3) is 0 Å². The summed E-state index contributed by atoms with van der Waals surface area (Å²) in [6, 6.07) is 0.578. The van der Waals surface area contributed by atoms with Crippen LogP contribution >= 0.6 is 0 Å². The highest BCUT2D eigenvalue weighted by molar-refractivity contribution is 4.89. The van der Waals surface area contributed by atoms with Crippen LogP contribution in [0.2, 0.25) is 0 Å². The van der Waals surface area contributed by atoms with E-state index in [4.69, 9.17) is 0 Å². The van der Waals surface area contributed by atoms with E-state index in [0.717, 1.165) is 24.8 Å². The van der Waals surface area contributed by atoms with Crippen molar-refractivity contribution in [3.05, 3.63) is 12.2 Å². The van der Waals surface area contributed by atoms with Crippen LogP contribution in [-0.2, 0) is 6.54 Å². The van der Waals surface area contributed by atoms with E-state index in [-0.39, 0.29) is 0 Å². The SMILES string of the molecule is CCNCc1ncnn1C1CCC(CC)CC1. The number of hydrogen-bond acceptors (Lipinski definition) is 3. The monoisotopic (exact) mass is 236 g/mol. The smallest absolute Gasteiger partial charge is 0.141 e. The van der Waals surface area contributed by atoms with Crippen molar-refractivity contribution in [2.75, 3.05) is 6.54 Å². The zero-order valence-electron chi connectivity index (χ0n) is 11.0. The highest BCUT2D eigenvalue weighted by Crippen LogP contribution is 2.33. The molecule has 4 nitrogen and oxygen atoms in total. The maximum atomic E-state index is 4.41. The van der Waals surface area contributed by atoms with Crippen molar-refractivity contribution in [2.45, 2.75) is 58.5 Å². The third-order valence-corrected chi connectivity index (χ3v) is 3.92. The van der Waals surface area contributed by atoms with Gasteiger partial charge in [0.05, 0.1) is 12.6 Å². The average molecular weight is 236 g/mol. The molecule has 0 aliphatic heterocycles. The summed E-state index contributed by atoms with van der Waals surface area (Å²) in [5.74, 6) is 2.03. The molecule has 0 aromatic carbocycles. The van der Waals surface area contributed by atoms with Gasteiger partial charge in [0.15, 0.2) is 0 Å². The molecule has 4 heteroatoms. The lowest BCUT2D eigenvalue weighted by atomic mass is 9.84. The van der Waals surface area contributed by atoms with Crippen molar-refractivity contribution >= 4 is 0 Å². The molecular weight excluding hydrogens is 212 g/mol. The van der Waals surface area contributed by atoms with Crippen molar-refractivity contribution in [1.29, 1.82) is 0 Å². The molecule has 1 aromatic heterocycles. The van der Waals surface area contributed by atoms with Gasteiger partial charge >= 0.3 is 0 Å². The Morgan fingerprint density at radius 1 is 1.29 bits per heavy atom. The molecule has 0 bridgehead atoms. The minimum Gasteiger partial charge on any atom is -0.310 e. The molecule has 1 heterocycles. The van der Waals surface area contributed by atoms with Crippen molar-refractivity contribution in [3.8, 4) is 0 Å². The Morgan fingerprint density at radius 3 is 2.71 bits per heavy atom. The van der Waals surface area contributed by atoms with Crippen LogP contribution in [0, 0.1) is 5.92 Å². The van der Waals surface area contributed by atoms with Gasteiger partial charge in [-0.15, -0.1) is 0 Å². The molecule has 1 aromatic rings. The molecule has 0 spiro atoms.